The van der Waals surface area contributed by atoms with E-state index >= 15 is 0 Å². The van der Waals surface area contributed by atoms with Crippen LogP contribution in [0.15, 0.2) is 17.5 Å². The van der Waals surface area contributed by atoms with Crippen molar-refractivity contribution in [3.8, 4) is 27.8 Å². The molecule has 2 rings (SSSR count). The van der Waals surface area contributed by atoms with E-state index in [0.29, 0.717) is 11.5 Å². The summed E-state index contributed by atoms with van der Waals surface area (Å²) in [5.41, 5.74) is 1.93. The van der Waals surface area contributed by atoms with E-state index in [2.05, 4.69) is 17.2 Å². The largest absolute Gasteiger partial charge is 0.496 e. The van der Waals surface area contributed by atoms with Crippen LogP contribution < -0.4 is 19.5 Å². The van der Waals surface area contributed by atoms with Gasteiger partial charge in [0.1, 0.15) is 10.8 Å². The number of nitrogens with zero attached hydrogens (tertiary/aromatic N) is 1. The third kappa shape index (κ3) is 3.46. The maximum Gasteiger partial charge on any atom is 0.164 e. The van der Waals surface area contributed by atoms with Crippen molar-refractivity contribution in [3.05, 3.63) is 23.2 Å². The molecule has 6 heteroatoms. The van der Waals surface area contributed by atoms with E-state index in [-0.39, 0.29) is 0 Å². The molecular weight excluding hydrogens is 288 g/mol. The molecule has 5 nitrogen and oxygen atoms in total. The van der Waals surface area contributed by atoms with Gasteiger partial charge in [0.25, 0.3) is 0 Å². The van der Waals surface area contributed by atoms with Gasteiger partial charge in [-0.25, -0.2) is 4.98 Å². The summed E-state index contributed by atoms with van der Waals surface area (Å²) in [5.74, 6) is 2.02. The molecule has 0 radical (unpaired) electrons. The first-order valence-electron chi connectivity index (χ1n) is 6.69. The van der Waals surface area contributed by atoms with Crippen LogP contribution >= 0.6 is 11.3 Å². The smallest absolute Gasteiger partial charge is 0.164 e. The Hall–Kier alpha value is -1.79. The molecule has 1 heterocycles. The van der Waals surface area contributed by atoms with Crippen molar-refractivity contribution in [1.29, 1.82) is 0 Å². The average Bonchev–Trinajstić information content (AvgIpc) is 3.00. The number of thiazole rings is 1. The minimum Gasteiger partial charge on any atom is -0.496 e. The number of benzene rings is 1. The molecule has 2 aromatic rings. The van der Waals surface area contributed by atoms with Gasteiger partial charge in [0.05, 0.1) is 32.6 Å². The van der Waals surface area contributed by atoms with E-state index in [1.165, 1.54) is 0 Å². The average molecular weight is 308 g/mol. The molecule has 0 atom stereocenters. The topological polar surface area (TPSA) is 52.6 Å². The summed E-state index contributed by atoms with van der Waals surface area (Å²) in [5, 5.41) is 6.22. The number of hydrogen-bond donors (Lipinski definition) is 1. The van der Waals surface area contributed by atoms with Crippen molar-refractivity contribution >= 4 is 11.3 Å². The molecule has 0 aliphatic rings. The number of methoxy groups -OCH3 is 3. The minimum atomic E-state index is 0.641. The number of rotatable bonds is 7. The van der Waals surface area contributed by atoms with Crippen LogP contribution in [-0.2, 0) is 6.54 Å². The van der Waals surface area contributed by atoms with Gasteiger partial charge in [-0.15, -0.1) is 11.3 Å². The first kappa shape index (κ1) is 15.6. The highest BCUT2D eigenvalue weighted by atomic mass is 32.1. The molecule has 0 saturated carbocycles. The van der Waals surface area contributed by atoms with Crippen molar-refractivity contribution in [2.45, 2.75) is 13.5 Å². The molecule has 0 spiro atoms. The number of hydrogen-bond acceptors (Lipinski definition) is 6. The lowest BCUT2D eigenvalue weighted by Gasteiger charge is -2.12. The second kappa shape index (κ2) is 7.28. The van der Waals surface area contributed by atoms with Crippen LogP contribution in [0.25, 0.3) is 10.6 Å². The Bertz CT molecular complexity index is 599. The molecule has 1 N–H and O–H groups in total. The van der Waals surface area contributed by atoms with Crippen LogP contribution in [0, 0.1) is 0 Å². The Labute approximate surface area is 128 Å². The summed E-state index contributed by atoms with van der Waals surface area (Å²) in [4.78, 5) is 4.64. The van der Waals surface area contributed by atoms with E-state index < -0.39 is 0 Å². The fourth-order valence-electron chi connectivity index (χ4n) is 1.96. The zero-order chi connectivity index (χ0) is 15.2. The van der Waals surface area contributed by atoms with E-state index in [1.807, 2.05) is 17.5 Å². The fourth-order valence-corrected chi connectivity index (χ4v) is 2.80. The Kier molecular flexibility index (Phi) is 5.41. The van der Waals surface area contributed by atoms with Gasteiger partial charge in [-0.05, 0) is 12.6 Å². The number of ether oxygens (including phenoxy) is 3. The molecule has 1 aromatic heterocycles. The third-order valence-electron chi connectivity index (χ3n) is 3.04. The van der Waals surface area contributed by atoms with Gasteiger partial charge in [0, 0.05) is 18.0 Å². The van der Waals surface area contributed by atoms with Gasteiger partial charge in [-0.2, -0.15) is 0 Å². The van der Waals surface area contributed by atoms with Crippen molar-refractivity contribution in [1.82, 2.24) is 10.3 Å². The molecule has 1 aromatic carbocycles. The van der Waals surface area contributed by atoms with Crippen molar-refractivity contribution in [3.63, 3.8) is 0 Å². The highest BCUT2D eigenvalue weighted by Gasteiger charge is 2.16. The number of nitrogens with one attached hydrogen (secondary N) is 1. The lowest BCUT2D eigenvalue weighted by Crippen LogP contribution is -2.11. The third-order valence-corrected chi connectivity index (χ3v) is 3.97. The zero-order valence-corrected chi connectivity index (χ0v) is 13.5. The van der Waals surface area contributed by atoms with Gasteiger partial charge in [0.15, 0.2) is 11.5 Å². The van der Waals surface area contributed by atoms with Crippen LogP contribution in [-0.4, -0.2) is 32.9 Å². The summed E-state index contributed by atoms with van der Waals surface area (Å²) in [7, 11) is 4.86. The van der Waals surface area contributed by atoms with Gasteiger partial charge in [-0.1, -0.05) is 6.92 Å². The molecule has 0 amide bonds. The van der Waals surface area contributed by atoms with E-state index in [1.54, 1.807) is 32.7 Å². The SMILES string of the molecule is CCNCc1csc(-c2cc(OC)c(OC)cc2OC)n1. The molecule has 0 aliphatic heterocycles. The first-order chi connectivity index (χ1) is 10.2. The molecule has 21 heavy (non-hydrogen) atoms. The van der Waals surface area contributed by atoms with Crippen LogP contribution in [0.4, 0.5) is 0 Å². The highest BCUT2D eigenvalue weighted by Crippen LogP contribution is 2.40. The fraction of sp³-hybridized carbons (Fsp3) is 0.400. The first-order valence-corrected chi connectivity index (χ1v) is 7.56. The van der Waals surface area contributed by atoms with Crippen molar-refractivity contribution in [2.24, 2.45) is 0 Å². The molecule has 0 bridgehead atoms. The Morgan fingerprint density at radius 2 is 1.71 bits per heavy atom. The Balaban J connectivity index is 2.39. The quantitative estimate of drug-likeness (QED) is 0.852. The molecule has 0 aliphatic carbocycles. The molecule has 0 saturated heterocycles. The normalized spacial score (nSPS) is 10.5. The van der Waals surface area contributed by atoms with Gasteiger partial charge in [0.2, 0.25) is 0 Å². The summed E-state index contributed by atoms with van der Waals surface area (Å²) < 4.78 is 16.1. The molecule has 0 fully saturated rings. The zero-order valence-electron chi connectivity index (χ0n) is 12.7. The lowest BCUT2D eigenvalue weighted by atomic mass is 10.2. The second-order valence-corrected chi connectivity index (χ2v) is 5.19. The van der Waals surface area contributed by atoms with Crippen LogP contribution in [0.5, 0.6) is 17.2 Å². The van der Waals surface area contributed by atoms with E-state index in [4.69, 9.17) is 14.2 Å². The molecule has 0 unspecified atom stereocenters. The van der Waals surface area contributed by atoms with Crippen LogP contribution in [0.2, 0.25) is 0 Å². The summed E-state index contributed by atoms with van der Waals surface area (Å²) in [6, 6.07) is 3.72. The monoisotopic (exact) mass is 308 g/mol. The lowest BCUT2D eigenvalue weighted by molar-refractivity contribution is 0.349. The number of aromatic nitrogens is 1. The van der Waals surface area contributed by atoms with E-state index in [9.17, 15) is 0 Å². The van der Waals surface area contributed by atoms with E-state index in [0.717, 1.165) is 35.1 Å². The Morgan fingerprint density at radius 3 is 2.33 bits per heavy atom. The van der Waals surface area contributed by atoms with Crippen molar-refractivity contribution < 1.29 is 14.2 Å². The maximum atomic E-state index is 5.45. The molecule has 114 valence electrons. The van der Waals surface area contributed by atoms with Gasteiger partial charge >= 0.3 is 0 Å². The minimum absolute atomic E-state index is 0.641. The van der Waals surface area contributed by atoms with Gasteiger partial charge < -0.3 is 19.5 Å². The molecular formula is C15H20N2O3S. The predicted molar refractivity (Wildman–Crippen MR) is 84.6 cm³/mol. The second-order valence-electron chi connectivity index (χ2n) is 4.33. The van der Waals surface area contributed by atoms with Crippen LogP contribution in [0.3, 0.4) is 0 Å². The maximum absolute atomic E-state index is 5.45. The van der Waals surface area contributed by atoms with Gasteiger partial charge in [-0.3, -0.25) is 0 Å². The van der Waals surface area contributed by atoms with Crippen LogP contribution in [0.1, 0.15) is 12.6 Å². The highest BCUT2D eigenvalue weighted by molar-refractivity contribution is 7.13. The summed E-state index contributed by atoms with van der Waals surface area (Å²) in [6.07, 6.45) is 0. The standard InChI is InChI=1S/C15H20N2O3S/c1-5-16-8-10-9-21-15(17-10)11-6-13(19-3)14(20-4)7-12(11)18-2/h6-7,9,16H,5,8H2,1-4H3. The Morgan fingerprint density at radius 1 is 1.05 bits per heavy atom. The predicted octanol–water partition coefficient (Wildman–Crippen LogP) is 2.95. The summed E-state index contributed by atoms with van der Waals surface area (Å²) >= 11 is 1.59. The van der Waals surface area contributed by atoms with Crippen molar-refractivity contribution in [2.75, 3.05) is 27.9 Å². The summed E-state index contributed by atoms with van der Waals surface area (Å²) in [6.45, 7) is 3.76.